The first-order chi connectivity index (χ1) is 13.8. The molecule has 0 spiro atoms. The van der Waals surface area contributed by atoms with Gasteiger partial charge in [-0.15, -0.1) is 0 Å². The van der Waals surface area contributed by atoms with Crippen molar-refractivity contribution >= 4 is 5.91 Å². The number of carbonyl (C=O) groups is 1. The standard InChI is InChI=1S/C22H30N4O2/c1-28-18-9-6-8-17(14-18)19-15-23-24-22(19)20-10-7-13-26(20)21(27)16-25-11-4-2-3-5-12-25/h6,8-9,14-15,20H,2-5,7,10-13,16H2,1H3,(H,23,24)/t20-/m1/s1. The Bertz CT molecular complexity index is 795. The number of hydrogen-bond acceptors (Lipinski definition) is 4. The summed E-state index contributed by atoms with van der Waals surface area (Å²) in [7, 11) is 1.68. The summed E-state index contributed by atoms with van der Waals surface area (Å²) in [6.45, 7) is 3.46. The molecule has 2 aromatic rings. The lowest BCUT2D eigenvalue weighted by molar-refractivity contribution is -0.133. The molecule has 2 saturated heterocycles. The molecular weight excluding hydrogens is 352 g/mol. The largest absolute Gasteiger partial charge is 0.497 e. The lowest BCUT2D eigenvalue weighted by Gasteiger charge is -2.28. The molecule has 0 unspecified atom stereocenters. The summed E-state index contributed by atoms with van der Waals surface area (Å²) in [5, 5.41) is 7.49. The molecule has 0 saturated carbocycles. The van der Waals surface area contributed by atoms with Crippen LogP contribution in [0.4, 0.5) is 0 Å². The zero-order valence-corrected chi connectivity index (χ0v) is 16.7. The van der Waals surface area contributed by atoms with Gasteiger partial charge in [-0.2, -0.15) is 5.10 Å². The van der Waals surface area contributed by atoms with Gasteiger partial charge >= 0.3 is 0 Å². The molecule has 0 aliphatic carbocycles. The minimum Gasteiger partial charge on any atom is -0.497 e. The molecule has 2 aliphatic rings. The molecule has 150 valence electrons. The van der Waals surface area contributed by atoms with E-state index < -0.39 is 0 Å². The van der Waals surface area contributed by atoms with Gasteiger partial charge in [0.1, 0.15) is 5.75 Å². The van der Waals surface area contributed by atoms with Crippen LogP contribution in [-0.4, -0.2) is 59.2 Å². The number of likely N-dealkylation sites (tertiary alicyclic amines) is 2. The number of benzene rings is 1. The van der Waals surface area contributed by atoms with Gasteiger partial charge in [0, 0.05) is 12.1 Å². The number of rotatable bonds is 5. The average molecular weight is 383 g/mol. The number of hydrogen-bond donors (Lipinski definition) is 1. The Morgan fingerprint density at radius 1 is 1.18 bits per heavy atom. The van der Waals surface area contributed by atoms with Crippen LogP contribution >= 0.6 is 0 Å². The Balaban J connectivity index is 1.52. The van der Waals surface area contributed by atoms with Gasteiger partial charge in [-0.05, 0) is 56.5 Å². The fourth-order valence-electron chi connectivity index (χ4n) is 4.51. The Labute approximate surface area is 166 Å². The molecule has 6 heteroatoms. The van der Waals surface area contributed by atoms with E-state index in [-0.39, 0.29) is 11.9 Å². The highest BCUT2D eigenvalue weighted by atomic mass is 16.5. The highest BCUT2D eigenvalue weighted by Crippen LogP contribution is 2.37. The second-order valence-corrected chi connectivity index (χ2v) is 7.86. The predicted molar refractivity (Wildman–Crippen MR) is 109 cm³/mol. The molecule has 1 N–H and O–H groups in total. The SMILES string of the molecule is COc1cccc(-c2cn[nH]c2[C@H]2CCCN2C(=O)CN2CCCCCC2)c1. The molecule has 3 heterocycles. The number of amides is 1. The van der Waals surface area contributed by atoms with Crippen molar-refractivity contribution in [1.82, 2.24) is 20.0 Å². The number of aromatic nitrogens is 2. The summed E-state index contributed by atoms with van der Waals surface area (Å²) >= 11 is 0. The van der Waals surface area contributed by atoms with Gasteiger partial charge in [0.2, 0.25) is 5.91 Å². The van der Waals surface area contributed by atoms with Crippen LogP contribution < -0.4 is 4.74 Å². The monoisotopic (exact) mass is 382 g/mol. The van der Waals surface area contributed by atoms with Crippen LogP contribution in [-0.2, 0) is 4.79 Å². The van der Waals surface area contributed by atoms with Crippen molar-refractivity contribution in [1.29, 1.82) is 0 Å². The number of H-pyrrole nitrogens is 1. The maximum absolute atomic E-state index is 13.1. The molecule has 0 bridgehead atoms. The summed E-state index contributed by atoms with van der Waals surface area (Å²) < 4.78 is 5.37. The average Bonchev–Trinajstić information content (AvgIpc) is 3.33. The third-order valence-electron chi connectivity index (χ3n) is 6.01. The first-order valence-electron chi connectivity index (χ1n) is 10.5. The Hall–Kier alpha value is -2.34. The molecule has 2 aliphatic heterocycles. The first kappa shape index (κ1) is 19.0. The van der Waals surface area contributed by atoms with Crippen molar-refractivity contribution in [3.05, 3.63) is 36.2 Å². The van der Waals surface area contributed by atoms with Crippen LogP contribution in [0.3, 0.4) is 0 Å². The first-order valence-corrected chi connectivity index (χ1v) is 10.5. The maximum atomic E-state index is 13.1. The van der Waals surface area contributed by atoms with E-state index in [1.54, 1.807) is 7.11 Å². The van der Waals surface area contributed by atoms with Crippen molar-refractivity contribution in [2.24, 2.45) is 0 Å². The van der Waals surface area contributed by atoms with Crippen molar-refractivity contribution in [3.8, 4) is 16.9 Å². The highest BCUT2D eigenvalue weighted by Gasteiger charge is 2.33. The summed E-state index contributed by atoms with van der Waals surface area (Å²) in [6, 6.07) is 8.09. The van der Waals surface area contributed by atoms with E-state index in [0.717, 1.165) is 55.0 Å². The summed E-state index contributed by atoms with van der Waals surface area (Å²) in [5.74, 6) is 1.07. The van der Waals surface area contributed by atoms with Gasteiger partial charge in [-0.25, -0.2) is 0 Å². The minimum atomic E-state index is 0.0724. The van der Waals surface area contributed by atoms with Gasteiger partial charge in [0.25, 0.3) is 0 Å². The van der Waals surface area contributed by atoms with Crippen molar-refractivity contribution < 1.29 is 9.53 Å². The molecule has 28 heavy (non-hydrogen) atoms. The molecule has 1 amide bonds. The van der Waals surface area contributed by atoms with Crippen LogP contribution in [0.5, 0.6) is 5.75 Å². The second-order valence-electron chi connectivity index (χ2n) is 7.86. The fraction of sp³-hybridized carbons (Fsp3) is 0.545. The molecule has 2 fully saturated rings. The van der Waals surface area contributed by atoms with E-state index in [9.17, 15) is 4.79 Å². The van der Waals surface area contributed by atoms with Gasteiger partial charge in [-0.1, -0.05) is 25.0 Å². The molecule has 6 nitrogen and oxygen atoms in total. The molecule has 1 aromatic carbocycles. The number of carbonyl (C=O) groups excluding carboxylic acids is 1. The van der Waals surface area contributed by atoms with Gasteiger partial charge in [0.15, 0.2) is 0 Å². The quantitative estimate of drug-likeness (QED) is 0.858. The molecular formula is C22H30N4O2. The number of nitrogens with one attached hydrogen (secondary N) is 1. The third kappa shape index (κ3) is 4.07. The van der Waals surface area contributed by atoms with Crippen LogP contribution in [0.2, 0.25) is 0 Å². The Kier molecular flexibility index (Phi) is 5.95. The fourth-order valence-corrected chi connectivity index (χ4v) is 4.51. The molecule has 0 radical (unpaired) electrons. The van der Waals surface area contributed by atoms with Crippen molar-refractivity contribution in [3.63, 3.8) is 0 Å². The number of ether oxygens (including phenoxy) is 1. The highest BCUT2D eigenvalue weighted by molar-refractivity contribution is 5.79. The van der Waals surface area contributed by atoms with E-state index in [2.05, 4.69) is 26.1 Å². The Morgan fingerprint density at radius 3 is 2.79 bits per heavy atom. The topological polar surface area (TPSA) is 61.5 Å². The van der Waals surface area contributed by atoms with Crippen LogP contribution in [0.25, 0.3) is 11.1 Å². The zero-order chi connectivity index (χ0) is 19.3. The smallest absolute Gasteiger partial charge is 0.237 e. The number of methoxy groups -OCH3 is 1. The molecule has 4 rings (SSSR count). The maximum Gasteiger partial charge on any atom is 0.237 e. The van der Waals surface area contributed by atoms with Gasteiger partial charge < -0.3 is 9.64 Å². The predicted octanol–water partition coefficient (Wildman–Crippen LogP) is 3.62. The van der Waals surface area contributed by atoms with Crippen LogP contribution in [0.15, 0.2) is 30.5 Å². The van der Waals surface area contributed by atoms with Crippen molar-refractivity contribution in [2.75, 3.05) is 33.3 Å². The zero-order valence-electron chi connectivity index (χ0n) is 16.7. The van der Waals surface area contributed by atoms with E-state index in [1.807, 2.05) is 24.4 Å². The van der Waals surface area contributed by atoms with Crippen LogP contribution in [0, 0.1) is 0 Å². The van der Waals surface area contributed by atoms with E-state index in [1.165, 1.54) is 25.7 Å². The Morgan fingerprint density at radius 2 is 2.00 bits per heavy atom. The number of nitrogens with zero attached hydrogens (tertiary/aromatic N) is 3. The van der Waals surface area contributed by atoms with Crippen molar-refractivity contribution in [2.45, 2.75) is 44.6 Å². The normalized spacial score (nSPS) is 20.9. The third-order valence-corrected chi connectivity index (χ3v) is 6.01. The second kappa shape index (κ2) is 8.78. The van der Waals surface area contributed by atoms with Gasteiger partial charge in [0.05, 0.1) is 31.6 Å². The lowest BCUT2D eigenvalue weighted by Crippen LogP contribution is -2.40. The van der Waals surface area contributed by atoms with E-state index in [0.29, 0.717) is 6.54 Å². The summed E-state index contributed by atoms with van der Waals surface area (Å²) in [6.07, 6.45) is 8.86. The number of aromatic amines is 1. The lowest BCUT2D eigenvalue weighted by atomic mass is 10.0. The van der Waals surface area contributed by atoms with Crippen LogP contribution in [0.1, 0.15) is 50.3 Å². The molecule has 1 atom stereocenters. The molecule has 1 aromatic heterocycles. The van der Waals surface area contributed by atoms with E-state index in [4.69, 9.17) is 4.74 Å². The summed E-state index contributed by atoms with van der Waals surface area (Å²) in [4.78, 5) is 17.5. The van der Waals surface area contributed by atoms with E-state index >= 15 is 0 Å². The summed E-state index contributed by atoms with van der Waals surface area (Å²) in [5.41, 5.74) is 3.16. The van der Waals surface area contributed by atoms with Gasteiger partial charge in [-0.3, -0.25) is 14.8 Å². The minimum absolute atomic E-state index is 0.0724.